The lowest BCUT2D eigenvalue weighted by Crippen LogP contribution is -2.32. The van der Waals surface area contributed by atoms with Crippen molar-refractivity contribution in [2.24, 2.45) is 0 Å². The quantitative estimate of drug-likeness (QED) is 0.569. The lowest BCUT2D eigenvalue weighted by atomic mass is 10.5. The zero-order valence-electron chi connectivity index (χ0n) is 10.7. The maximum atomic E-state index is 11.4. The summed E-state index contributed by atoms with van der Waals surface area (Å²) in [7, 11) is 1.59. The lowest BCUT2D eigenvalue weighted by Gasteiger charge is -2.08. The monoisotopic (exact) mass is 253 g/mol. The number of carbonyl (C=O) groups excluding carboxylic acids is 1. The van der Waals surface area contributed by atoms with Gasteiger partial charge >= 0.3 is 0 Å². The average molecular weight is 253 g/mol. The van der Waals surface area contributed by atoms with Crippen LogP contribution in [0.4, 0.5) is 11.6 Å². The molecule has 0 aliphatic carbocycles. The van der Waals surface area contributed by atoms with Gasteiger partial charge in [0, 0.05) is 20.2 Å². The standard InChI is InChI=1S/C11H19N5O2/c1-3-13-9-6-12-7-10(16-9)15-8-11(17)14-4-5-18-2/h6-7H,3-5,8H2,1-2H3,(H,14,17)(H2,13,15,16). The van der Waals surface area contributed by atoms with Crippen LogP contribution in [0, 0.1) is 0 Å². The van der Waals surface area contributed by atoms with Gasteiger partial charge in [0.25, 0.3) is 0 Å². The van der Waals surface area contributed by atoms with Crippen molar-refractivity contribution in [3.8, 4) is 0 Å². The number of nitrogens with one attached hydrogen (secondary N) is 3. The van der Waals surface area contributed by atoms with E-state index >= 15 is 0 Å². The highest BCUT2D eigenvalue weighted by atomic mass is 16.5. The molecule has 1 rings (SSSR count). The molecule has 0 fully saturated rings. The molecule has 0 atom stereocenters. The van der Waals surface area contributed by atoms with E-state index in [1.54, 1.807) is 19.5 Å². The predicted molar refractivity (Wildman–Crippen MR) is 69.6 cm³/mol. The van der Waals surface area contributed by atoms with E-state index in [-0.39, 0.29) is 12.5 Å². The summed E-state index contributed by atoms with van der Waals surface area (Å²) in [5, 5.41) is 8.65. The van der Waals surface area contributed by atoms with Crippen LogP contribution in [0.25, 0.3) is 0 Å². The van der Waals surface area contributed by atoms with E-state index in [0.29, 0.717) is 24.8 Å². The largest absolute Gasteiger partial charge is 0.383 e. The van der Waals surface area contributed by atoms with Gasteiger partial charge in [-0.25, -0.2) is 4.98 Å². The van der Waals surface area contributed by atoms with Crippen molar-refractivity contribution >= 4 is 17.5 Å². The second-order valence-electron chi connectivity index (χ2n) is 3.52. The first-order chi connectivity index (χ1) is 8.76. The number of nitrogens with zero attached hydrogens (tertiary/aromatic N) is 2. The van der Waals surface area contributed by atoms with Crippen molar-refractivity contribution in [2.45, 2.75) is 6.92 Å². The molecule has 0 saturated carbocycles. The highest BCUT2D eigenvalue weighted by molar-refractivity contribution is 5.80. The van der Waals surface area contributed by atoms with E-state index in [2.05, 4.69) is 25.9 Å². The fourth-order valence-corrected chi connectivity index (χ4v) is 1.24. The predicted octanol–water partition coefficient (Wildman–Crippen LogP) is 0.0829. The number of rotatable bonds is 8. The fraction of sp³-hybridized carbons (Fsp3) is 0.545. The van der Waals surface area contributed by atoms with E-state index in [9.17, 15) is 4.79 Å². The van der Waals surface area contributed by atoms with Gasteiger partial charge in [-0.15, -0.1) is 0 Å². The normalized spacial score (nSPS) is 9.89. The molecule has 1 amide bonds. The Morgan fingerprint density at radius 1 is 1.33 bits per heavy atom. The number of hydrogen-bond donors (Lipinski definition) is 3. The molecule has 0 aliphatic heterocycles. The van der Waals surface area contributed by atoms with Crippen molar-refractivity contribution in [3.63, 3.8) is 0 Å². The van der Waals surface area contributed by atoms with Crippen LogP contribution in [0.3, 0.4) is 0 Å². The third kappa shape index (κ3) is 5.44. The molecule has 1 heterocycles. The molecule has 3 N–H and O–H groups in total. The minimum Gasteiger partial charge on any atom is -0.383 e. The molecule has 0 aromatic carbocycles. The van der Waals surface area contributed by atoms with E-state index < -0.39 is 0 Å². The SMILES string of the molecule is CCNc1cncc(NCC(=O)NCCOC)n1. The van der Waals surface area contributed by atoms with Crippen LogP contribution >= 0.6 is 0 Å². The Hall–Kier alpha value is -1.89. The molecule has 0 unspecified atom stereocenters. The van der Waals surface area contributed by atoms with Crippen LogP contribution < -0.4 is 16.0 Å². The number of amides is 1. The van der Waals surface area contributed by atoms with E-state index in [0.717, 1.165) is 6.54 Å². The first-order valence-electron chi connectivity index (χ1n) is 5.81. The Morgan fingerprint density at radius 2 is 2.06 bits per heavy atom. The number of aromatic nitrogens is 2. The summed E-state index contributed by atoms with van der Waals surface area (Å²) < 4.78 is 4.83. The summed E-state index contributed by atoms with van der Waals surface area (Å²) in [6, 6.07) is 0. The summed E-state index contributed by atoms with van der Waals surface area (Å²) in [4.78, 5) is 19.7. The molecular formula is C11H19N5O2. The van der Waals surface area contributed by atoms with Gasteiger partial charge in [-0.2, -0.15) is 0 Å². The van der Waals surface area contributed by atoms with E-state index in [1.807, 2.05) is 6.92 Å². The number of ether oxygens (including phenoxy) is 1. The van der Waals surface area contributed by atoms with Crippen molar-refractivity contribution < 1.29 is 9.53 Å². The molecule has 0 saturated heterocycles. The molecule has 0 aliphatic rings. The van der Waals surface area contributed by atoms with Crippen LogP contribution in [0.5, 0.6) is 0 Å². The molecule has 7 heteroatoms. The van der Waals surface area contributed by atoms with Crippen molar-refractivity contribution in [1.29, 1.82) is 0 Å². The van der Waals surface area contributed by atoms with Crippen LogP contribution in [0.1, 0.15) is 6.92 Å². The van der Waals surface area contributed by atoms with Gasteiger partial charge in [0.1, 0.15) is 11.6 Å². The summed E-state index contributed by atoms with van der Waals surface area (Å²) in [6.45, 7) is 3.91. The summed E-state index contributed by atoms with van der Waals surface area (Å²) in [5.41, 5.74) is 0. The third-order valence-corrected chi connectivity index (χ3v) is 2.05. The molecular weight excluding hydrogens is 234 g/mol. The molecule has 0 radical (unpaired) electrons. The second-order valence-corrected chi connectivity index (χ2v) is 3.52. The van der Waals surface area contributed by atoms with Crippen molar-refractivity contribution in [3.05, 3.63) is 12.4 Å². The van der Waals surface area contributed by atoms with Crippen molar-refractivity contribution in [1.82, 2.24) is 15.3 Å². The minimum absolute atomic E-state index is 0.109. The third-order valence-electron chi connectivity index (χ3n) is 2.05. The lowest BCUT2D eigenvalue weighted by molar-refractivity contribution is -0.119. The Labute approximate surface area is 106 Å². The van der Waals surface area contributed by atoms with Gasteiger partial charge in [-0.1, -0.05) is 0 Å². The molecule has 0 spiro atoms. The smallest absolute Gasteiger partial charge is 0.239 e. The molecule has 0 bridgehead atoms. The fourth-order valence-electron chi connectivity index (χ4n) is 1.24. The van der Waals surface area contributed by atoms with E-state index in [4.69, 9.17) is 4.74 Å². The van der Waals surface area contributed by atoms with Crippen LogP contribution in [-0.2, 0) is 9.53 Å². The maximum absolute atomic E-state index is 11.4. The first kappa shape index (κ1) is 14.2. The number of hydrogen-bond acceptors (Lipinski definition) is 6. The highest BCUT2D eigenvalue weighted by Crippen LogP contribution is 2.05. The zero-order valence-corrected chi connectivity index (χ0v) is 10.7. The van der Waals surface area contributed by atoms with Gasteiger partial charge in [0.2, 0.25) is 5.91 Å². The summed E-state index contributed by atoms with van der Waals surface area (Å²) in [6.07, 6.45) is 3.20. The van der Waals surface area contributed by atoms with Gasteiger partial charge in [-0.3, -0.25) is 9.78 Å². The zero-order chi connectivity index (χ0) is 13.2. The number of methoxy groups -OCH3 is 1. The van der Waals surface area contributed by atoms with Crippen LogP contribution in [0.2, 0.25) is 0 Å². The van der Waals surface area contributed by atoms with Gasteiger partial charge in [0.05, 0.1) is 25.5 Å². The Morgan fingerprint density at radius 3 is 2.72 bits per heavy atom. The Balaban J connectivity index is 2.33. The van der Waals surface area contributed by atoms with Crippen LogP contribution in [0.15, 0.2) is 12.4 Å². The van der Waals surface area contributed by atoms with Gasteiger partial charge in [-0.05, 0) is 6.92 Å². The first-order valence-corrected chi connectivity index (χ1v) is 5.81. The summed E-state index contributed by atoms with van der Waals surface area (Å²) >= 11 is 0. The Bertz CT molecular complexity index is 372. The minimum atomic E-state index is -0.109. The molecule has 100 valence electrons. The molecule has 18 heavy (non-hydrogen) atoms. The average Bonchev–Trinajstić information content (AvgIpc) is 2.38. The van der Waals surface area contributed by atoms with Gasteiger partial charge < -0.3 is 20.7 Å². The summed E-state index contributed by atoms with van der Waals surface area (Å²) in [5.74, 6) is 1.14. The maximum Gasteiger partial charge on any atom is 0.239 e. The van der Waals surface area contributed by atoms with Crippen LogP contribution in [-0.4, -0.2) is 49.2 Å². The number of carbonyl (C=O) groups is 1. The van der Waals surface area contributed by atoms with Crippen molar-refractivity contribution in [2.75, 3.05) is 44.0 Å². The topological polar surface area (TPSA) is 88.2 Å². The molecule has 7 nitrogen and oxygen atoms in total. The van der Waals surface area contributed by atoms with E-state index in [1.165, 1.54) is 0 Å². The van der Waals surface area contributed by atoms with Gasteiger partial charge in [0.15, 0.2) is 0 Å². The molecule has 1 aromatic rings. The Kier molecular flexibility index (Phi) is 6.49. The second kappa shape index (κ2) is 8.24. The highest BCUT2D eigenvalue weighted by Gasteiger charge is 2.02. The number of anilines is 2. The molecule has 1 aromatic heterocycles.